The molecule has 2 nitrogen and oxygen atoms in total. The second-order valence-electron chi connectivity index (χ2n) is 3.77. The molecule has 2 aromatic carbocycles. The summed E-state index contributed by atoms with van der Waals surface area (Å²) in [6, 6.07) is 7.49. The van der Waals surface area contributed by atoms with Crippen LogP contribution < -0.4 is 5.32 Å². The van der Waals surface area contributed by atoms with Gasteiger partial charge in [-0.05, 0) is 56.1 Å². The highest BCUT2D eigenvalue weighted by Gasteiger charge is 2.17. The fraction of sp³-hybridized carbons (Fsp3) is 0. The van der Waals surface area contributed by atoms with E-state index in [0.717, 1.165) is 0 Å². The summed E-state index contributed by atoms with van der Waals surface area (Å²) in [4.78, 5) is 12.1. The van der Waals surface area contributed by atoms with Crippen molar-refractivity contribution in [3.63, 3.8) is 0 Å². The molecule has 0 radical (unpaired) electrons. The maximum absolute atomic E-state index is 13.7. The second-order valence-corrected chi connectivity index (χ2v) is 6.24. The molecule has 2 rings (SSSR count). The topological polar surface area (TPSA) is 29.1 Å². The molecule has 1 amide bonds. The van der Waals surface area contributed by atoms with Gasteiger partial charge in [0.15, 0.2) is 0 Å². The average Bonchev–Trinajstić information content (AvgIpc) is 2.39. The lowest BCUT2D eigenvalue weighted by Crippen LogP contribution is -2.15. The Morgan fingerprint density at radius 3 is 2.40 bits per heavy atom. The second kappa shape index (κ2) is 6.43. The minimum Gasteiger partial charge on any atom is -0.320 e. The number of hydrogen-bond acceptors (Lipinski definition) is 1. The Balaban J connectivity index is 2.36. The molecule has 0 unspecified atom stereocenters. The van der Waals surface area contributed by atoms with Gasteiger partial charge in [0.2, 0.25) is 0 Å². The van der Waals surface area contributed by atoms with Crippen molar-refractivity contribution in [2.24, 2.45) is 0 Å². The first kappa shape index (κ1) is 15.8. The molecule has 0 spiro atoms. The van der Waals surface area contributed by atoms with Gasteiger partial charge in [0.1, 0.15) is 5.82 Å². The molecular formula is C13H6Br2Cl2FNO. The van der Waals surface area contributed by atoms with E-state index < -0.39 is 11.7 Å². The first-order valence-corrected chi connectivity index (χ1v) is 7.65. The number of anilines is 1. The van der Waals surface area contributed by atoms with Gasteiger partial charge < -0.3 is 5.32 Å². The van der Waals surface area contributed by atoms with Crippen LogP contribution in [0.2, 0.25) is 10.0 Å². The molecule has 0 aromatic heterocycles. The Morgan fingerprint density at radius 1 is 1.05 bits per heavy atom. The molecule has 20 heavy (non-hydrogen) atoms. The number of halogens is 5. The molecule has 0 atom stereocenters. The average molecular weight is 442 g/mol. The van der Waals surface area contributed by atoms with Gasteiger partial charge in [0.05, 0.1) is 21.3 Å². The Morgan fingerprint density at radius 2 is 1.75 bits per heavy atom. The number of amides is 1. The van der Waals surface area contributed by atoms with Crippen LogP contribution in [0.25, 0.3) is 0 Å². The molecule has 0 aliphatic heterocycles. The molecule has 0 saturated carbocycles. The van der Waals surface area contributed by atoms with Crippen molar-refractivity contribution in [3.8, 4) is 0 Å². The first-order chi connectivity index (χ1) is 9.41. The summed E-state index contributed by atoms with van der Waals surface area (Å²) >= 11 is 18.3. The molecule has 0 saturated heterocycles. The fourth-order valence-corrected chi connectivity index (χ4v) is 2.87. The smallest absolute Gasteiger partial charge is 0.259 e. The van der Waals surface area contributed by atoms with Crippen molar-refractivity contribution in [1.82, 2.24) is 0 Å². The maximum Gasteiger partial charge on any atom is 0.259 e. The number of hydrogen-bond donors (Lipinski definition) is 1. The van der Waals surface area contributed by atoms with Gasteiger partial charge in [-0.15, -0.1) is 0 Å². The van der Waals surface area contributed by atoms with E-state index in [4.69, 9.17) is 23.2 Å². The summed E-state index contributed by atoms with van der Waals surface area (Å²) in [7, 11) is 0. The summed E-state index contributed by atoms with van der Waals surface area (Å²) in [6.07, 6.45) is 0. The third-order valence-corrected chi connectivity index (χ3v) is 4.91. The SMILES string of the molecule is O=C(Nc1ccc(Br)c(Cl)c1Cl)c1c(F)cccc1Br. The number of carbonyl (C=O) groups is 1. The summed E-state index contributed by atoms with van der Waals surface area (Å²) in [5.41, 5.74) is 0.211. The van der Waals surface area contributed by atoms with E-state index in [1.165, 1.54) is 12.1 Å². The van der Waals surface area contributed by atoms with Crippen molar-refractivity contribution < 1.29 is 9.18 Å². The molecule has 2 aromatic rings. The van der Waals surface area contributed by atoms with Crippen molar-refractivity contribution >= 4 is 66.7 Å². The van der Waals surface area contributed by atoms with Crippen LogP contribution in [0, 0.1) is 5.82 Å². The zero-order chi connectivity index (χ0) is 14.9. The molecule has 0 aliphatic carbocycles. The van der Waals surface area contributed by atoms with Crippen LogP contribution in [-0.2, 0) is 0 Å². The lowest BCUT2D eigenvalue weighted by Gasteiger charge is -2.10. The van der Waals surface area contributed by atoms with Crippen molar-refractivity contribution in [3.05, 3.63) is 60.7 Å². The highest BCUT2D eigenvalue weighted by atomic mass is 79.9. The van der Waals surface area contributed by atoms with Crippen molar-refractivity contribution in [2.45, 2.75) is 0 Å². The highest BCUT2D eigenvalue weighted by Crippen LogP contribution is 2.36. The largest absolute Gasteiger partial charge is 0.320 e. The van der Waals surface area contributed by atoms with Crippen LogP contribution in [0.15, 0.2) is 39.3 Å². The van der Waals surface area contributed by atoms with Crippen LogP contribution in [0.3, 0.4) is 0 Å². The van der Waals surface area contributed by atoms with Crippen LogP contribution in [0.5, 0.6) is 0 Å². The van der Waals surface area contributed by atoms with Crippen LogP contribution in [-0.4, -0.2) is 5.91 Å². The summed E-state index contributed by atoms with van der Waals surface area (Å²) in [6.45, 7) is 0. The van der Waals surface area contributed by atoms with Crippen LogP contribution in [0.4, 0.5) is 10.1 Å². The monoisotopic (exact) mass is 439 g/mol. The minimum absolute atomic E-state index is 0.0948. The number of benzene rings is 2. The lowest BCUT2D eigenvalue weighted by atomic mass is 10.2. The van der Waals surface area contributed by atoms with E-state index in [1.807, 2.05) is 0 Å². The van der Waals surface area contributed by atoms with Gasteiger partial charge in [-0.25, -0.2) is 4.39 Å². The Bertz CT molecular complexity index is 674. The predicted octanol–water partition coefficient (Wildman–Crippen LogP) is 5.91. The number of rotatable bonds is 2. The number of nitrogens with one attached hydrogen (secondary N) is 1. The Kier molecular flexibility index (Phi) is 5.07. The Hall–Kier alpha value is -0.620. The molecule has 104 valence electrons. The summed E-state index contributed by atoms with van der Waals surface area (Å²) in [5, 5.41) is 2.99. The van der Waals surface area contributed by atoms with E-state index >= 15 is 0 Å². The van der Waals surface area contributed by atoms with Gasteiger partial charge in [-0.3, -0.25) is 4.79 Å². The molecule has 0 aliphatic rings. The molecule has 7 heteroatoms. The van der Waals surface area contributed by atoms with Gasteiger partial charge in [0, 0.05) is 8.95 Å². The zero-order valence-corrected chi connectivity index (χ0v) is 14.4. The van der Waals surface area contributed by atoms with Gasteiger partial charge >= 0.3 is 0 Å². The van der Waals surface area contributed by atoms with E-state index in [0.29, 0.717) is 14.6 Å². The third kappa shape index (κ3) is 3.17. The van der Waals surface area contributed by atoms with E-state index in [1.54, 1.807) is 18.2 Å². The normalized spacial score (nSPS) is 10.4. The van der Waals surface area contributed by atoms with Crippen LogP contribution in [0.1, 0.15) is 10.4 Å². The van der Waals surface area contributed by atoms with Crippen LogP contribution >= 0.6 is 55.1 Å². The van der Waals surface area contributed by atoms with E-state index in [9.17, 15) is 9.18 Å². The van der Waals surface area contributed by atoms with Gasteiger partial charge in [-0.1, -0.05) is 29.3 Å². The van der Waals surface area contributed by atoms with Gasteiger partial charge in [0.25, 0.3) is 5.91 Å². The third-order valence-electron chi connectivity index (χ3n) is 2.47. The van der Waals surface area contributed by atoms with E-state index in [2.05, 4.69) is 37.2 Å². The summed E-state index contributed by atoms with van der Waals surface area (Å²) < 4.78 is 14.7. The molecule has 1 N–H and O–H groups in total. The molecule has 0 bridgehead atoms. The highest BCUT2D eigenvalue weighted by molar-refractivity contribution is 9.10. The van der Waals surface area contributed by atoms with Crippen molar-refractivity contribution in [1.29, 1.82) is 0 Å². The summed E-state index contributed by atoms with van der Waals surface area (Å²) in [5.74, 6) is -1.24. The maximum atomic E-state index is 13.7. The standard InChI is InChI=1S/C13H6Br2Cl2FNO/c14-6-2-1-3-8(18)10(6)13(20)19-9-5-4-7(15)11(16)12(9)17/h1-5H,(H,19,20). The number of carbonyl (C=O) groups excluding carboxylic acids is 1. The zero-order valence-electron chi connectivity index (χ0n) is 9.68. The van der Waals surface area contributed by atoms with Crippen molar-refractivity contribution in [2.75, 3.05) is 5.32 Å². The lowest BCUT2D eigenvalue weighted by molar-refractivity contribution is 0.102. The predicted molar refractivity (Wildman–Crippen MR) is 86.2 cm³/mol. The van der Waals surface area contributed by atoms with E-state index in [-0.39, 0.29) is 15.6 Å². The fourth-order valence-electron chi connectivity index (χ4n) is 1.52. The minimum atomic E-state index is -0.629. The van der Waals surface area contributed by atoms with Gasteiger partial charge in [-0.2, -0.15) is 0 Å². The first-order valence-electron chi connectivity index (χ1n) is 5.30. The molecular weight excluding hydrogens is 436 g/mol. The molecule has 0 heterocycles. The quantitative estimate of drug-likeness (QED) is 0.577. The molecule has 0 fully saturated rings. The Labute approximate surface area is 141 Å².